The molecular formula is C29H56NO6P. The Balaban J connectivity index is 3.81. The van der Waals surface area contributed by atoms with Gasteiger partial charge >= 0.3 is 20.6 Å². The van der Waals surface area contributed by atoms with Gasteiger partial charge in [-0.25, -0.2) is 4.57 Å². The van der Waals surface area contributed by atoms with Crippen molar-refractivity contribution >= 4 is 20.6 Å². The van der Waals surface area contributed by atoms with Crippen LogP contribution in [0, 0.1) is 0 Å². The van der Waals surface area contributed by atoms with Gasteiger partial charge in [-0.1, -0.05) is 116 Å². The van der Waals surface area contributed by atoms with Crippen LogP contribution < -0.4 is 5.73 Å². The number of hydrogen-bond donors (Lipinski definition) is 1. The third-order valence-electron chi connectivity index (χ3n) is 6.61. The average Bonchev–Trinajstić information content (AvgIpc) is 2.89. The molecule has 0 radical (unpaired) electrons. The highest BCUT2D eigenvalue weighted by atomic mass is 31.1. The number of rotatable bonds is 29. The average molecular weight is 546 g/mol. The third-order valence-corrected chi connectivity index (χ3v) is 6.87. The summed E-state index contributed by atoms with van der Waals surface area (Å²) in [6.07, 6.45) is 23.6. The number of ether oxygens (including phenoxy) is 2. The molecule has 0 unspecified atom stereocenters. The maximum absolute atomic E-state index is 12.2. The quantitative estimate of drug-likeness (QED) is 0.0573. The van der Waals surface area contributed by atoms with E-state index in [2.05, 4.69) is 6.92 Å². The van der Waals surface area contributed by atoms with Crippen LogP contribution in [0.3, 0.4) is 0 Å². The van der Waals surface area contributed by atoms with Crippen molar-refractivity contribution in [2.24, 2.45) is 5.73 Å². The summed E-state index contributed by atoms with van der Waals surface area (Å²) >= 11 is 0. The van der Waals surface area contributed by atoms with Gasteiger partial charge in [0.05, 0.1) is 0 Å². The Kier molecular flexibility index (Phi) is 28.7. The molecule has 8 heteroatoms. The third kappa shape index (κ3) is 27.8. The fraction of sp³-hybridized carbons (Fsp3) is 0.931. The lowest BCUT2D eigenvalue weighted by Crippen LogP contribution is -2.28. The van der Waals surface area contributed by atoms with Gasteiger partial charge in [0.2, 0.25) is 0 Å². The lowest BCUT2D eigenvalue weighted by atomic mass is 10.1. The molecule has 0 rings (SSSR count). The first kappa shape index (κ1) is 36.0. The molecule has 218 valence electrons. The molecule has 0 aromatic carbocycles. The van der Waals surface area contributed by atoms with Crippen molar-refractivity contribution in [1.82, 2.24) is 0 Å². The summed E-state index contributed by atoms with van der Waals surface area (Å²) in [5.74, 6) is -0.626. The molecule has 37 heavy (non-hydrogen) atoms. The predicted molar refractivity (Wildman–Crippen MR) is 151 cm³/mol. The minimum absolute atomic E-state index is 0.0619. The number of nitrogens with two attached hydrogens (primary N) is 1. The summed E-state index contributed by atoms with van der Waals surface area (Å²) in [6.45, 7) is 2.89. The predicted octanol–water partition coefficient (Wildman–Crippen LogP) is 8.23. The van der Waals surface area contributed by atoms with E-state index in [4.69, 9.17) is 19.7 Å². The fourth-order valence-electron chi connectivity index (χ4n) is 4.32. The molecule has 2 N–H and O–H groups in total. The lowest BCUT2D eigenvalue weighted by Gasteiger charge is -2.16. The van der Waals surface area contributed by atoms with E-state index in [0.717, 1.165) is 51.5 Å². The minimum Gasteiger partial charge on any atom is -0.462 e. The van der Waals surface area contributed by atoms with Crippen LogP contribution in [0.1, 0.15) is 148 Å². The van der Waals surface area contributed by atoms with Crippen molar-refractivity contribution < 1.29 is 28.2 Å². The minimum atomic E-state index is -0.732. The first-order chi connectivity index (χ1) is 18.1. The first-order valence-electron chi connectivity index (χ1n) is 15.1. The second kappa shape index (κ2) is 29.5. The molecule has 0 aromatic rings. The summed E-state index contributed by atoms with van der Waals surface area (Å²) in [4.78, 5) is 24.2. The first-order valence-corrected chi connectivity index (χ1v) is 15.9. The molecule has 1 atom stereocenters. The summed E-state index contributed by atoms with van der Waals surface area (Å²) in [5, 5.41) is 0. The zero-order chi connectivity index (χ0) is 27.2. The second-order valence-electron chi connectivity index (χ2n) is 10.2. The Labute approximate surface area is 228 Å². The Morgan fingerprint density at radius 3 is 1.51 bits per heavy atom. The fourth-order valence-corrected chi connectivity index (χ4v) is 4.54. The molecular weight excluding hydrogens is 489 g/mol. The molecule has 0 aliphatic carbocycles. The monoisotopic (exact) mass is 545 g/mol. The van der Waals surface area contributed by atoms with Gasteiger partial charge in [-0.3, -0.25) is 14.1 Å². The highest BCUT2D eigenvalue weighted by Crippen LogP contribution is 2.14. The molecule has 0 spiro atoms. The van der Waals surface area contributed by atoms with E-state index < -0.39 is 14.8 Å². The van der Waals surface area contributed by atoms with Crippen LogP contribution in [-0.2, 0) is 28.2 Å². The summed E-state index contributed by atoms with van der Waals surface area (Å²) in [5.41, 5.74) is 5.50. The summed E-state index contributed by atoms with van der Waals surface area (Å²) < 4.78 is 26.2. The molecule has 0 saturated carbocycles. The zero-order valence-corrected chi connectivity index (χ0v) is 24.6. The van der Waals surface area contributed by atoms with Crippen LogP contribution >= 0.6 is 8.69 Å². The molecule has 0 aliphatic heterocycles. The maximum atomic E-state index is 12.2. The van der Waals surface area contributed by atoms with Gasteiger partial charge in [-0.2, -0.15) is 0 Å². The molecule has 7 nitrogen and oxygen atoms in total. The van der Waals surface area contributed by atoms with Gasteiger partial charge in [-0.15, -0.1) is 0 Å². The second-order valence-corrected chi connectivity index (χ2v) is 10.6. The molecule has 0 heterocycles. The van der Waals surface area contributed by atoms with E-state index in [-0.39, 0.29) is 25.2 Å². The molecule has 0 bridgehead atoms. The van der Waals surface area contributed by atoms with Crippen molar-refractivity contribution in [3.05, 3.63) is 0 Å². The van der Waals surface area contributed by atoms with E-state index in [1.54, 1.807) is 0 Å². The highest BCUT2D eigenvalue weighted by Gasteiger charge is 2.17. The van der Waals surface area contributed by atoms with Crippen LogP contribution in [0.15, 0.2) is 0 Å². The standard InChI is InChI=1S/C29H56NO6P/c1-2-3-4-5-6-7-8-10-14-17-20-23-29(32)36-27(26-35-37-33)25-34-28(31)22-19-16-13-11-9-12-15-18-21-24-30/h27H,2-26,30H2,1H3/t27-/m1/s1. The van der Waals surface area contributed by atoms with Gasteiger partial charge in [0.15, 0.2) is 6.10 Å². The maximum Gasteiger partial charge on any atom is 0.327 e. The Hall–Kier alpha value is -1.04. The van der Waals surface area contributed by atoms with Crippen LogP contribution in [0.5, 0.6) is 0 Å². The van der Waals surface area contributed by atoms with Gasteiger partial charge < -0.3 is 15.2 Å². The lowest BCUT2D eigenvalue weighted by molar-refractivity contribution is -0.160. The summed E-state index contributed by atoms with van der Waals surface area (Å²) in [7, 11) is -0.487. The normalized spacial score (nSPS) is 12.1. The number of carbonyl (C=O) groups is 2. The van der Waals surface area contributed by atoms with E-state index in [0.29, 0.717) is 12.8 Å². The van der Waals surface area contributed by atoms with E-state index in [1.807, 2.05) is 0 Å². The molecule has 0 saturated heterocycles. The number of esters is 2. The number of unbranched alkanes of at least 4 members (excludes halogenated alkanes) is 18. The van der Waals surface area contributed by atoms with Crippen molar-refractivity contribution in [2.75, 3.05) is 19.8 Å². The van der Waals surface area contributed by atoms with Crippen molar-refractivity contribution in [1.29, 1.82) is 0 Å². The Morgan fingerprint density at radius 1 is 0.622 bits per heavy atom. The number of carbonyl (C=O) groups excluding carboxylic acids is 2. The summed E-state index contributed by atoms with van der Waals surface area (Å²) in [6, 6.07) is 0. The van der Waals surface area contributed by atoms with E-state index in [9.17, 15) is 14.2 Å². The van der Waals surface area contributed by atoms with Crippen molar-refractivity contribution in [3.8, 4) is 0 Å². The van der Waals surface area contributed by atoms with E-state index in [1.165, 1.54) is 83.5 Å². The van der Waals surface area contributed by atoms with Gasteiger partial charge in [0.25, 0.3) is 0 Å². The van der Waals surface area contributed by atoms with Gasteiger partial charge in [-0.05, 0) is 25.8 Å². The van der Waals surface area contributed by atoms with Crippen molar-refractivity contribution in [3.63, 3.8) is 0 Å². The largest absolute Gasteiger partial charge is 0.462 e. The molecule has 0 amide bonds. The van der Waals surface area contributed by atoms with Crippen molar-refractivity contribution in [2.45, 2.75) is 154 Å². The van der Waals surface area contributed by atoms with Crippen LogP contribution in [0.25, 0.3) is 0 Å². The topological polar surface area (TPSA) is 105 Å². The Bertz CT molecular complexity index is 535. The molecule has 0 fully saturated rings. The SMILES string of the molecule is CCCCCCCCCCCCCC(=O)O[C@@H](COP=O)COC(=O)CCCCCCCCCCCN. The van der Waals surface area contributed by atoms with Gasteiger partial charge in [0.1, 0.15) is 13.2 Å². The molecule has 0 aromatic heterocycles. The van der Waals surface area contributed by atoms with Gasteiger partial charge in [0, 0.05) is 12.8 Å². The van der Waals surface area contributed by atoms with Crippen LogP contribution in [-0.4, -0.2) is 37.8 Å². The Morgan fingerprint density at radius 2 is 1.05 bits per heavy atom. The molecule has 0 aliphatic rings. The van der Waals surface area contributed by atoms with Crippen LogP contribution in [0.2, 0.25) is 0 Å². The highest BCUT2D eigenvalue weighted by molar-refractivity contribution is 7.17. The smallest absolute Gasteiger partial charge is 0.327 e. The van der Waals surface area contributed by atoms with Crippen LogP contribution in [0.4, 0.5) is 0 Å². The number of hydrogen-bond acceptors (Lipinski definition) is 7. The van der Waals surface area contributed by atoms with E-state index >= 15 is 0 Å². The zero-order valence-electron chi connectivity index (χ0n) is 23.7.